The first kappa shape index (κ1) is 20.9. The first-order valence-corrected chi connectivity index (χ1v) is 8.84. The minimum atomic E-state index is 0.401. The molecule has 1 N–H and O–H groups in total. The summed E-state index contributed by atoms with van der Waals surface area (Å²) in [4.78, 5) is 0. The normalized spacial score (nSPS) is 14.4. The van der Waals surface area contributed by atoms with Crippen molar-refractivity contribution >= 4 is 0 Å². The predicted octanol–water partition coefficient (Wildman–Crippen LogP) is 5.27. The number of hydrogen-bond donors (Lipinski definition) is 1. The Kier molecular flexibility index (Phi) is 10.6. The molecule has 0 saturated carbocycles. The van der Waals surface area contributed by atoms with Gasteiger partial charge in [-0.3, -0.25) is 0 Å². The Labute approximate surface area is 134 Å². The minimum Gasteiger partial charge on any atom is -0.385 e. The van der Waals surface area contributed by atoms with Crippen LogP contribution in [-0.2, 0) is 4.74 Å². The second-order valence-electron chi connectivity index (χ2n) is 9.00. The smallest absolute Gasteiger partial charge is 0.0464 e. The Morgan fingerprint density at radius 2 is 1.52 bits per heavy atom. The number of ether oxygens (including phenoxy) is 1. The molecule has 0 aliphatic heterocycles. The fraction of sp³-hybridized carbons (Fsp3) is 1.00. The Balaban J connectivity index is 3.72. The summed E-state index contributed by atoms with van der Waals surface area (Å²) in [5.41, 5.74) is 0.838. The van der Waals surface area contributed by atoms with Crippen LogP contribution in [0.15, 0.2) is 0 Å². The molecule has 0 aliphatic carbocycles. The van der Waals surface area contributed by atoms with Crippen LogP contribution in [0.1, 0.15) is 80.1 Å². The lowest BCUT2D eigenvalue weighted by atomic mass is 9.81. The van der Waals surface area contributed by atoms with E-state index in [4.69, 9.17) is 4.74 Å². The van der Waals surface area contributed by atoms with Crippen LogP contribution in [0, 0.1) is 16.7 Å². The zero-order chi connectivity index (χ0) is 16.4. The highest BCUT2D eigenvalue weighted by Gasteiger charge is 2.18. The number of methoxy groups -OCH3 is 1. The van der Waals surface area contributed by atoms with Crippen LogP contribution in [-0.4, -0.2) is 26.8 Å². The first-order chi connectivity index (χ1) is 9.64. The summed E-state index contributed by atoms with van der Waals surface area (Å²) in [7, 11) is 1.81. The van der Waals surface area contributed by atoms with Gasteiger partial charge in [0.2, 0.25) is 0 Å². The molecule has 0 aliphatic rings. The number of rotatable bonds is 11. The van der Waals surface area contributed by atoms with Crippen LogP contribution in [0.25, 0.3) is 0 Å². The van der Waals surface area contributed by atoms with E-state index in [1.54, 1.807) is 0 Å². The van der Waals surface area contributed by atoms with Crippen molar-refractivity contribution in [2.24, 2.45) is 16.7 Å². The highest BCUT2D eigenvalue weighted by atomic mass is 16.5. The Morgan fingerprint density at radius 1 is 0.857 bits per heavy atom. The molecule has 0 fully saturated rings. The van der Waals surface area contributed by atoms with Crippen molar-refractivity contribution < 1.29 is 4.74 Å². The molecule has 0 bridgehead atoms. The van der Waals surface area contributed by atoms with Gasteiger partial charge in [0, 0.05) is 13.7 Å². The molecular weight excluding hydrogens is 258 g/mol. The van der Waals surface area contributed by atoms with E-state index in [1.165, 1.54) is 45.1 Å². The Hall–Kier alpha value is -0.0800. The van der Waals surface area contributed by atoms with E-state index in [1.807, 2.05) is 7.11 Å². The minimum absolute atomic E-state index is 0.401. The predicted molar refractivity (Wildman–Crippen MR) is 94.8 cm³/mol. The van der Waals surface area contributed by atoms with E-state index in [9.17, 15) is 0 Å². The molecule has 0 saturated heterocycles. The summed E-state index contributed by atoms with van der Waals surface area (Å²) in [6.45, 7) is 17.1. The van der Waals surface area contributed by atoms with Crippen LogP contribution >= 0.6 is 0 Å². The number of unbranched alkanes of at least 4 members (excludes halogenated alkanes) is 2. The molecule has 0 radical (unpaired) electrons. The summed E-state index contributed by atoms with van der Waals surface area (Å²) >= 11 is 0. The van der Waals surface area contributed by atoms with Gasteiger partial charge in [-0.05, 0) is 49.1 Å². The highest BCUT2D eigenvalue weighted by Crippen LogP contribution is 2.29. The maximum Gasteiger partial charge on any atom is 0.0464 e. The van der Waals surface area contributed by atoms with Crippen LogP contribution in [0.4, 0.5) is 0 Å². The molecule has 0 aromatic carbocycles. The lowest BCUT2D eigenvalue weighted by molar-refractivity contribution is 0.157. The van der Waals surface area contributed by atoms with Gasteiger partial charge in [0.1, 0.15) is 0 Å². The second-order valence-corrected chi connectivity index (χ2v) is 9.00. The van der Waals surface area contributed by atoms with Crippen molar-refractivity contribution in [1.29, 1.82) is 0 Å². The van der Waals surface area contributed by atoms with E-state index in [-0.39, 0.29) is 0 Å². The molecule has 0 aromatic rings. The van der Waals surface area contributed by atoms with Gasteiger partial charge in [-0.2, -0.15) is 0 Å². The zero-order valence-corrected chi connectivity index (χ0v) is 15.8. The molecule has 0 spiro atoms. The van der Waals surface area contributed by atoms with Crippen molar-refractivity contribution in [3.05, 3.63) is 0 Å². The second kappa shape index (κ2) is 10.6. The molecule has 0 amide bonds. The molecule has 0 rings (SSSR count). The van der Waals surface area contributed by atoms with E-state index in [0.29, 0.717) is 10.8 Å². The van der Waals surface area contributed by atoms with Crippen molar-refractivity contribution in [3.8, 4) is 0 Å². The summed E-state index contributed by atoms with van der Waals surface area (Å²) in [5, 5.41) is 3.57. The largest absolute Gasteiger partial charge is 0.385 e. The molecule has 2 nitrogen and oxygen atoms in total. The quantitative estimate of drug-likeness (QED) is 0.525. The first-order valence-electron chi connectivity index (χ1n) is 8.84. The molecule has 128 valence electrons. The van der Waals surface area contributed by atoms with E-state index >= 15 is 0 Å². The molecule has 0 aromatic heterocycles. The van der Waals surface area contributed by atoms with Crippen molar-refractivity contribution in [2.75, 3.05) is 26.8 Å². The molecular formula is C19H41NO. The molecule has 2 heteroatoms. The van der Waals surface area contributed by atoms with Gasteiger partial charge in [-0.15, -0.1) is 0 Å². The summed E-state index contributed by atoms with van der Waals surface area (Å²) in [5.74, 6) is 0.826. The van der Waals surface area contributed by atoms with Crippen molar-refractivity contribution in [3.63, 3.8) is 0 Å². The van der Waals surface area contributed by atoms with Gasteiger partial charge in [-0.1, -0.05) is 60.8 Å². The fourth-order valence-electron chi connectivity index (χ4n) is 2.82. The van der Waals surface area contributed by atoms with Gasteiger partial charge in [0.15, 0.2) is 0 Å². The summed E-state index contributed by atoms with van der Waals surface area (Å²) in [6, 6.07) is 0. The zero-order valence-electron chi connectivity index (χ0n) is 15.8. The van der Waals surface area contributed by atoms with Crippen molar-refractivity contribution in [1.82, 2.24) is 5.32 Å². The van der Waals surface area contributed by atoms with Crippen LogP contribution in [0.5, 0.6) is 0 Å². The Morgan fingerprint density at radius 3 is 2.05 bits per heavy atom. The topological polar surface area (TPSA) is 21.3 Å². The van der Waals surface area contributed by atoms with Crippen LogP contribution in [0.2, 0.25) is 0 Å². The fourth-order valence-corrected chi connectivity index (χ4v) is 2.82. The third-order valence-electron chi connectivity index (χ3n) is 3.75. The van der Waals surface area contributed by atoms with Crippen molar-refractivity contribution in [2.45, 2.75) is 80.1 Å². The average Bonchev–Trinajstić information content (AvgIpc) is 2.31. The number of hydrogen-bond acceptors (Lipinski definition) is 2. The maximum atomic E-state index is 5.27. The third-order valence-corrected chi connectivity index (χ3v) is 3.75. The third kappa shape index (κ3) is 16.1. The standard InChI is InChI=1S/C19H41NO/c1-18(2,3)15-17(12-14-21-7)11-9-8-10-13-20-16-19(4,5)6/h17,20H,8-16H2,1-7H3/t17-/m0/s1. The summed E-state index contributed by atoms with van der Waals surface area (Å²) in [6.07, 6.45) is 7.92. The average molecular weight is 300 g/mol. The van der Waals surface area contributed by atoms with Crippen LogP contribution < -0.4 is 5.32 Å². The van der Waals surface area contributed by atoms with Gasteiger partial charge in [-0.25, -0.2) is 0 Å². The SMILES string of the molecule is COCC[C@H](CCCCCNCC(C)(C)C)CC(C)(C)C. The molecule has 21 heavy (non-hydrogen) atoms. The summed E-state index contributed by atoms with van der Waals surface area (Å²) < 4.78 is 5.27. The van der Waals surface area contributed by atoms with Gasteiger partial charge < -0.3 is 10.1 Å². The van der Waals surface area contributed by atoms with E-state index in [2.05, 4.69) is 46.9 Å². The monoisotopic (exact) mass is 299 g/mol. The lowest BCUT2D eigenvalue weighted by Gasteiger charge is -2.26. The molecule has 0 unspecified atom stereocenters. The van der Waals surface area contributed by atoms with Gasteiger partial charge >= 0.3 is 0 Å². The van der Waals surface area contributed by atoms with E-state index < -0.39 is 0 Å². The molecule has 1 atom stereocenters. The Bertz CT molecular complexity index is 237. The van der Waals surface area contributed by atoms with Crippen LogP contribution in [0.3, 0.4) is 0 Å². The lowest BCUT2D eigenvalue weighted by Crippen LogP contribution is -2.27. The van der Waals surface area contributed by atoms with Gasteiger partial charge in [0.25, 0.3) is 0 Å². The maximum absolute atomic E-state index is 5.27. The van der Waals surface area contributed by atoms with E-state index in [0.717, 1.165) is 19.1 Å². The number of nitrogens with one attached hydrogen (secondary N) is 1. The molecule has 0 heterocycles. The highest BCUT2D eigenvalue weighted by molar-refractivity contribution is 4.70. The van der Waals surface area contributed by atoms with Gasteiger partial charge in [0.05, 0.1) is 0 Å².